The van der Waals surface area contributed by atoms with E-state index in [9.17, 15) is 4.79 Å². The molecule has 0 bridgehead atoms. The maximum absolute atomic E-state index is 13.1. The van der Waals surface area contributed by atoms with Crippen LogP contribution in [0.4, 0.5) is 0 Å². The molecule has 1 amide bonds. The summed E-state index contributed by atoms with van der Waals surface area (Å²) in [5.41, 5.74) is 2.31. The van der Waals surface area contributed by atoms with Crippen LogP contribution < -0.4 is 10.6 Å². The molecule has 0 aromatic heterocycles. The molecule has 2 N–H and O–H groups in total. The molecule has 1 atom stereocenters. The summed E-state index contributed by atoms with van der Waals surface area (Å²) < 4.78 is 0. The predicted octanol–water partition coefficient (Wildman–Crippen LogP) is 3.31. The standard InChI is InChI=1S/C22H29N3O/c1-2-23-16-10-9-15-20-22(26)25(17-24-20)21(18-11-5-3-6-12-18)19-13-7-4-8-14-19/h3-8,11-14,20-21,23-24H,2,9-10,15-17H2,1H3. The fourth-order valence-corrected chi connectivity index (χ4v) is 3.62. The summed E-state index contributed by atoms with van der Waals surface area (Å²) in [7, 11) is 0. The van der Waals surface area contributed by atoms with Crippen molar-refractivity contribution in [3.63, 3.8) is 0 Å². The maximum atomic E-state index is 13.1. The first-order valence-corrected chi connectivity index (χ1v) is 9.65. The van der Waals surface area contributed by atoms with Crippen LogP contribution >= 0.6 is 0 Å². The van der Waals surface area contributed by atoms with E-state index in [1.807, 2.05) is 41.3 Å². The van der Waals surface area contributed by atoms with E-state index in [1.54, 1.807) is 0 Å². The van der Waals surface area contributed by atoms with Gasteiger partial charge in [-0.05, 0) is 37.1 Å². The van der Waals surface area contributed by atoms with Crippen LogP contribution in [0.25, 0.3) is 0 Å². The van der Waals surface area contributed by atoms with Crippen LogP contribution in [0.1, 0.15) is 43.4 Å². The van der Waals surface area contributed by atoms with Crippen molar-refractivity contribution in [1.82, 2.24) is 15.5 Å². The highest BCUT2D eigenvalue weighted by atomic mass is 16.2. The Morgan fingerprint density at radius 3 is 2.23 bits per heavy atom. The number of rotatable bonds is 9. The topological polar surface area (TPSA) is 44.4 Å². The van der Waals surface area contributed by atoms with Crippen molar-refractivity contribution in [2.45, 2.75) is 38.3 Å². The molecule has 1 aliphatic rings. The monoisotopic (exact) mass is 351 g/mol. The molecule has 1 saturated heterocycles. The van der Waals surface area contributed by atoms with Crippen LogP contribution in [0.5, 0.6) is 0 Å². The third kappa shape index (κ3) is 4.51. The van der Waals surface area contributed by atoms with Crippen molar-refractivity contribution in [3.8, 4) is 0 Å². The Balaban J connectivity index is 1.71. The minimum atomic E-state index is -0.0634. The van der Waals surface area contributed by atoms with Crippen LogP contribution in [-0.4, -0.2) is 36.6 Å². The first-order valence-electron chi connectivity index (χ1n) is 9.65. The Kier molecular flexibility index (Phi) is 6.81. The minimum absolute atomic E-state index is 0.0378. The van der Waals surface area contributed by atoms with Gasteiger partial charge in [0.1, 0.15) is 0 Å². The number of benzene rings is 2. The van der Waals surface area contributed by atoms with Gasteiger partial charge in [-0.15, -0.1) is 0 Å². The zero-order valence-corrected chi connectivity index (χ0v) is 15.5. The average Bonchev–Trinajstić information content (AvgIpc) is 3.04. The summed E-state index contributed by atoms with van der Waals surface area (Å²) in [6.07, 6.45) is 3.07. The lowest BCUT2D eigenvalue weighted by atomic mass is 9.97. The van der Waals surface area contributed by atoms with E-state index in [-0.39, 0.29) is 18.0 Å². The summed E-state index contributed by atoms with van der Waals surface area (Å²) >= 11 is 0. The van der Waals surface area contributed by atoms with Gasteiger partial charge in [0.05, 0.1) is 18.8 Å². The molecule has 0 saturated carbocycles. The number of amides is 1. The van der Waals surface area contributed by atoms with Crippen molar-refractivity contribution in [3.05, 3.63) is 71.8 Å². The Morgan fingerprint density at radius 1 is 1.04 bits per heavy atom. The van der Waals surface area contributed by atoms with Crippen LogP contribution in [-0.2, 0) is 4.79 Å². The Labute approximate surface area is 156 Å². The number of hydrogen-bond acceptors (Lipinski definition) is 3. The molecular weight excluding hydrogens is 322 g/mol. The molecule has 1 heterocycles. The summed E-state index contributed by atoms with van der Waals surface area (Å²) in [4.78, 5) is 15.0. The Morgan fingerprint density at radius 2 is 1.65 bits per heavy atom. The first-order chi connectivity index (χ1) is 12.8. The molecule has 1 aliphatic heterocycles. The second-order valence-corrected chi connectivity index (χ2v) is 6.80. The van der Waals surface area contributed by atoms with E-state index < -0.39 is 0 Å². The molecule has 1 unspecified atom stereocenters. The van der Waals surface area contributed by atoms with Gasteiger partial charge in [0.25, 0.3) is 0 Å². The summed E-state index contributed by atoms with van der Waals surface area (Å²) in [6.45, 7) is 4.75. The van der Waals surface area contributed by atoms with Gasteiger partial charge < -0.3 is 10.2 Å². The number of unbranched alkanes of at least 4 members (excludes halogenated alkanes) is 1. The van der Waals surface area contributed by atoms with Gasteiger partial charge in [0.15, 0.2) is 0 Å². The highest BCUT2D eigenvalue weighted by Crippen LogP contribution is 2.31. The smallest absolute Gasteiger partial charge is 0.241 e. The summed E-state index contributed by atoms with van der Waals surface area (Å²) in [5.74, 6) is 0.214. The molecule has 1 fully saturated rings. The number of carbonyl (C=O) groups excluding carboxylic acids is 1. The van der Waals surface area contributed by atoms with E-state index in [1.165, 1.54) is 0 Å². The normalized spacial score (nSPS) is 17.2. The van der Waals surface area contributed by atoms with Gasteiger partial charge in [0, 0.05) is 0 Å². The van der Waals surface area contributed by atoms with E-state index >= 15 is 0 Å². The van der Waals surface area contributed by atoms with E-state index in [2.05, 4.69) is 41.8 Å². The maximum Gasteiger partial charge on any atom is 0.241 e. The third-order valence-corrected chi connectivity index (χ3v) is 4.98. The van der Waals surface area contributed by atoms with Crippen molar-refractivity contribution < 1.29 is 4.79 Å². The van der Waals surface area contributed by atoms with Gasteiger partial charge in [0.2, 0.25) is 5.91 Å². The Bertz CT molecular complexity index is 635. The zero-order chi connectivity index (χ0) is 18.2. The predicted molar refractivity (Wildman–Crippen MR) is 106 cm³/mol. The Hall–Kier alpha value is -2.17. The molecule has 2 aromatic rings. The number of hydrogen-bond donors (Lipinski definition) is 2. The van der Waals surface area contributed by atoms with Crippen molar-refractivity contribution in [1.29, 1.82) is 0 Å². The second-order valence-electron chi connectivity index (χ2n) is 6.80. The summed E-state index contributed by atoms with van der Waals surface area (Å²) in [6, 6.07) is 20.5. The van der Waals surface area contributed by atoms with E-state index in [0.717, 1.165) is 43.5 Å². The largest absolute Gasteiger partial charge is 0.317 e. The van der Waals surface area contributed by atoms with E-state index in [0.29, 0.717) is 6.67 Å². The fourth-order valence-electron chi connectivity index (χ4n) is 3.62. The quantitative estimate of drug-likeness (QED) is 0.681. The number of nitrogens with zero attached hydrogens (tertiary/aromatic N) is 1. The van der Waals surface area contributed by atoms with Gasteiger partial charge in [-0.2, -0.15) is 0 Å². The zero-order valence-electron chi connectivity index (χ0n) is 15.5. The van der Waals surface area contributed by atoms with Crippen LogP contribution in [0.2, 0.25) is 0 Å². The lowest BCUT2D eigenvalue weighted by Crippen LogP contribution is -2.34. The van der Waals surface area contributed by atoms with Crippen LogP contribution in [0.3, 0.4) is 0 Å². The van der Waals surface area contributed by atoms with Gasteiger partial charge in [-0.3, -0.25) is 10.1 Å². The van der Waals surface area contributed by atoms with Crippen molar-refractivity contribution in [2.75, 3.05) is 19.8 Å². The van der Waals surface area contributed by atoms with Gasteiger partial charge in [-0.1, -0.05) is 74.0 Å². The van der Waals surface area contributed by atoms with E-state index in [4.69, 9.17) is 0 Å². The molecule has 26 heavy (non-hydrogen) atoms. The molecular formula is C22H29N3O. The fraction of sp³-hybridized carbons (Fsp3) is 0.409. The molecule has 4 nitrogen and oxygen atoms in total. The molecule has 0 radical (unpaired) electrons. The molecule has 3 rings (SSSR count). The SMILES string of the molecule is CCNCCCCC1NCN(C(c2ccccc2)c2ccccc2)C1=O. The number of carbonyl (C=O) groups is 1. The first kappa shape index (κ1) is 18.6. The van der Waals surface area contributed by atoms with Crippen LogP contribution in [0.15, 0.2) is 60.7 Å². The number of nitrogens with one attached hydrogen (secondary N) is 2. The van der Waals surface area contributed by atoms with Gasteiger partial charge in [-0.25, -0.2) is 0 Å². The minimum Gasteiger partial charge on any atom is -0.317 e. The average molecular weight is 351 g/mol. The molecule has 0 aliphatic carbocycles. The second kappa shape index (κ2) is 9.51. The van der Waals surface area contributed by atoms with Crippen LogP contribution in [0, 0.1) is 0 Å². The summed E-state index contributed by atoms with van der Waals surface area (Å²) in [5, 5.41) is 6.76. The molecule has 4 heteroatoms. The third-order valence-electron chi connectivity index (χ3n) is 4.98. The highest BCUT2D eigenvalue weighted by Gasteiger charge is 2.36. The highest BCUT2D eigenvalue weighted by molar-refractivity contribution is 5.84. The molecule has 138 valence electrons. The lowest BCUT2D eigenvalue weighted by Gasteiger charge is -2.28. The van der Waals surface area contributed by atoms with Crippen molar-refractivity contribution >= 4 is 5.91 Å². The lowest BCUT2D eigenvalue weighted by molar-refractivity contribution is -0.130. The molecule has 0 spiro atoms. The van der Waals surface area contributed by atoms with Crippen molar-refractivity contribution in [2.24, 2.45) is 0 Å². The van der Waals surface area contributed by atoms with Gasteiger partial charge >= 0.3 is 0 Å². The molecule has 2 aromatic carbocycles.